The van der Waals surface area contributed by atoms with E-state index in [2.05, 4.69) is 4.72 Å². The summed E-state index contributed by atoms with van der Waals surface area (Å²) in [6.45, 7) is 1.76. The van der Waals surface area contributed by atoms with Gasteiger partial charge in [0.1, 0.15) is 5.82 Å². The van der Waals surface area contributed by atoms with Crippen LogP contribution in [0.1, 0.15) is 29.3 Å². The lowest BCUT2D eigenvalue weighted by Gasteiger charge is -2.19. The zero-order valence-electron chi connectivity index (χ0n) is 14.5. The van der Waals surface area contributed by atoms with Gasteiger partial charge in [0.15, 0.2) is 0 Å². The van der Waals surface area contributed by atoms with E-state index in [9.17, 15) is 17.6 Å². The molecule has 0 saturated carbocycles. The average Bonchev–Trinajstić information content (AvgIpc) is 2.57. The summed E-state index contributed by atoms with van der Waals surface area (Å²) >= 11 is 6.00. The molecule has 5 nitrogen and oxygen atoms in total. The monoisotopic (exact) mass is 398 g/mol. The van der Waals surface area contributed by atoms with Crippen LogP contribution in [0.3, 0.4) is 0 Å². The molecule has 0 fully saturated rings. The highest BCUT2D eigenvalue weighted by Gasteiger charge is 2.17. The summed E-state index contributed by atoms with van der Waals surface area (Å²) in [5.41, 5.74) is 0.822. The molecule has 1 amide bonds. The van der Waals surface area contributed by atoms with Crippen LogP contribution in [0.15, 0.2) is 42.5 Å². The van der Waals surface area contributed by atoms with Gasteiger partial charge < -0.3 is 4.90 Å². The van der Waals surface area contributed by atoms with Crippen molar-refractivity contribution in [3.05, 3.63) is 64.4 Å². The highest BCUT2D eigenvalue weighted by atomic mass is 35.5. The third-order valence-electron chi connectivity index (χ3n) is 3.66. The number of rotatable bonds is 7. The number of hydrogen-bond acceptors (Lipinski definition) is 3. The summed E-state index contributed by atoms with van der Waals surface area (Å²) in [5, 5.41) is 0.241. The van der Waals surface area contributed by atoms with Gasteiger partial charge in [-0.2, -0.15) is 0 Å². The maximum absolute atomic E-state index is 13.9. The Bertz CT molecular complexity index is 883. The minimum absolute atomic E-state index is 0.00312. The van der Waals surface area contributed by atoms with Gasteiger partial charge in [-0.3, -0.25) is 9.52 Å². The van der Waals surface area contributed by atoms with Crippen molar-refractivity contribution in [3.8, 4) is 0 Å². The van der Waals surface area contributed by atoms with Crippen LogP contribution >= 0.6 is 11.6 Å². The Labute approximate surface area is 157 Å². The fourth-order valence-electron chi connectivity index (χ4n) is 2.43. The maximum Gasteiger partial charge on any atom is 0.253 e. The lowest BCUT2D eigenvalue weighted by atomic mass is 10.1. The highest BCUT2D eigenvalue weighted by Crippen LogP contribution is 2.21. The first-order valence-corrected chi connectivity index (χ1v) is 10.1. The minimum atomic E-state index is -3.45. The number of anilines is 1. The van der Waals surface area contributed by atoms with E-state index in [0.29, 0.717) is 12.1 Å². The lowest BCUT2D eigenvalue weighted by Crippen LogP contribution is -2.27. The van der Waals surface area contributed by atoms with Gasteiger partial charge in [-0.05, 0) is 36.8 Å². The molecule has 0 aliphatic heterocycles. The third-order valence-corrected chi connectivity index (χ3v) is 5.51. The molecule has 140 valence electrons. The van der Waals surface area contributed by atoms with Crippen molar-refractivity contribution in [1.82, 2.24) is 4.90 Å². The summed E-state index contributed by atoms with van der Waals surface area (Å²) in [5.74, 6) is -0.865. The second-order valence-corrected chi connectivity index (χ2v) is 8.11. The van der Waals surface area contributed by atoms with Gasteiger partial charge in [-0.1, -0.05) is 30.7 Å². The average molecular weight is 399 g/mol. The maximum atomic E-state index is 13.9. The van der Waals surface area contributed by atoms with E-state index in [0.717, 1.165) is 0 Å². The van der Waals surface area contributed by atoms with Crippen molar-refractivity contribution in [2.75, 3.05) is 17.5 Å². The van der Waals surface area contributed by atoms with E-state index in [4.69, 9.17) is 11.6 Å². The molecule has 0 bridgehead atoms. The second-order valence-electron chi connectivity index (χ2n) is 5.86. The SMILES string of the molecule is CCCS(=O)(=O)Nc1cccc(C(=O)N(C)Cc2c(F)cccc2Cl)c1. The van der Waals surface area contributed by atoms with Crippen LogP contribution in [-0.2, 0) is 16.6 Å². The Kier molecular flexibility index (Phi) is 6.61. The summed E-state index contributed by atoms with van der Waals surface area (Å²) in [6.07, 6.45) is 0.486. The first-order valence-electron chi connectivity index (χ1n) is 8.02. The number of hydrogen-bond donors (Lipinski definition) is 1. The van der Waals surface area contributed by atoms with Crippen LogP contribution < -0.4 is 4.72 Å². The van der Waals surface area contributed by atoms with Crippen LogP contribution in [0.4, 0.5) is 10.1 Å². The van der Waals surface area contributed by atoms with Crippen LogP contribution in [-0.4, -0.2) is 32.0 Å². The molecule has 0 aromatic heterocycles. The predicted molar refractivity (Wildman–Crippen MR) is 101 cm³/mol. The molecule has 0 aliphatic carbocycles. The van der Waals surface area contributed by atoms with E-state index in [-0.39, 0.29) is 34.4 Å². The third kappa shape index (κ3) is 5.19. The fraction of sp³-hybridized carbons (Fsp3) is 0.278. The number of halogens is 2. The van der Waals surface area contributed by atoms with Crippen molar-refractivity contribution < 1.29 is 17.6 Å². The zero-order valence-corrected chi connectivity index (χ0v) is 16.1. The first-order chi connectivity index (χ1) is 12.2. The Hall–Kier alpha value is -2.12. The number of nitrogens with one attached hydrogen (secondary N) is 1. The van der Waals surface area contributed by atoms with Crippen LogP contribution in [0, 0.1) is 5.82 Å². The van der Waals surface area contributed by atoms with Crippen LogP contribution in [0.2, 0.25) is 5.02 Å². The van der Waals surface area contributed by atoms with Crippen molar-refractivity contribution in [2.24, 2.45) is 0 Å². The van der Waals surface area contributed by atoms with E-state index >= 15 is 0 Å². The number of carbonyl (C=O) groups is 1. The molecule has 0 heterocycles. The molecule has 8 heteroatoms. The fourth-order valence-corrected chi connectivity index (χ4v) is 3.78. The van der Waals surface area contributed by atoms with E-state index in [1.165, 1.54) is 30.1 Å². The van der Waals surface area contributed by atoms with Crippen LogP contribution in [0.5, 0.6) is 0 Å². The number of carbonyl (C=O) groups excluding carboxylic acids is 1. The van der Waals surface area contributed by atoms with E-state index < -0.39 is 15.8 Å². The molecule has 26 heavy (non-hydrogen) atoms. The molecule has 2 rings (SSSR count). The van der Waals surface area contributed by atoms with Gasteiger partial charge in [-0.15, -0.1) is 0 Å². The molecule has 1 N–H and O–H groups in total. The predicted octanol–water partition coefficient (Wildman–Crippen LogP) is 3.90. The topological polar surface area (TPSA) is 66.5 Å². The molecule has 2 aromatic rings. The first kappa shape index (κ1) is 20.2. The van der Waals surface area contributed by atoms with Gasteiger partial charge in [0.25, 0.3) is 5.91 Å². The number of sulfonamides is 1. The smallest absolute Gasteiger partial charge is 0.253 e. The van der Waals surface area contributed by atoms with Crippen molar-refractivity contribution in [1.29, 1.82) is 0 Å². The van der Waals surface area contributed by atoms with Crippen LogP contribution in [0.25, 0.3) is 0 Å². The van der Waals surface area contributed by atoms with Crippen molar-refractivity contribution >= 4 is 33.2 Å². The normalized spacial score (nSPS) is 11.2. The summed E-state index contributed by atoms with van der Waals surface area (Å²) in [4.78, 5) is 13.9. The quantitative estimate of drug-likeness (QED) is 0.769. The molecular formula is C18H20ClFN2O3S. The van der Waals surface area contributed by atoms with Gasteiger partial charge in [-0.25, -0.2) is 12.8 Å². The molecule has 2 aromatic carbocycles. The zero-order chi connectivity index (χ0) is 19.3. The Morgan fingerprint density at radius 3 is 2.58 bits per heavy atom. The lowest BCUT2D eigenvalue weighted by molar-refractivity contribution is 0.0784. The Morgan fingerprint density at radius 1 is 1.23 bits per heavy atom. The standard InChI is InChI=1S/C18H20ClFN2O3S/c1-3-10-26(24,25)21-14-7-4-6-13(11-14)18(23)22(2)12-15-16(19)8-5-9-17(15)20/h4-9,11,21H,3,10,12H2,1-2H3. The van der Waals surface area contributed by atoms with Gasteiger partial charge in [0, 0.05) is 35.4 Å². The number of amides is 1. The summed E-state index contributed by atoms with van der Waals surface area (Å²) in [7, 11) is -1.92. The highest BCUT2D eigenvalue weighted by molar-refractivity contribution is 7.92. The van der Waals surface area contributed by atoms with Gasteiger partial charge >= 0.3 is 0 Å². The molecule has 0 aliphatic rings. The molecule has 0 radical (unpaired) electrons. The molecule has 0 atom stereocenters. The second kappa shape index (κ2) is 8.51. The van der Waals surface area contributed by atoms with Crippen molar-refractivity contribution in [3.63, 3.8) is 0 Å². The molecule has 0 spiro atoms. The van der Waals surface area contributed by atoms with E-state index in [1.54, 1.807) is 31.2 Å². The van der Waals surface area contributed by atoms with Gasteiger partial charge in [0.2, 0.25) is 10.0 Å². The molecule has 0 saturated heterocycles. The number of benzene rings is 2. The Morgan fingerprint density at radius 2 is 1.92 bits per heavy atom. The molecule has 0 unspecified atom stereocenters. The summed E-state index contributed by atoms with van der Waals surface area (Å²) in [6, 6.07) is 10.5. The summed E-state index contributed by atoms with van der Waals surface area (Å²) < 4.78 is 40.1. The molecular weight excluding hydrogens is 379 g/mol. The van der Waals surface area contributed by atoms with E-state index in [1.807, 2.05) is 0 Å². The Balaban J connectivity index is 2.18. The van der Waals surface area contributed by atoms with Crippen molar-refractivity contribution in [2.45, 2.75) is 19.9 Å². The van der Waals surface area contributed by atoms with Gasteiger partial charge in [0.05, 0.1) is 5.75 Å². The number of nitrogens with zero attached hydrogens (tertiary/aromatic N) is 1. The largest absolute Gasteiger partial charge is 0.337 e. The minimum Gasteiger partial charge on any atom is -0.337 e.